The van der Waals surface area contributed by atoms with Gasteiger partial charge >= 0.3 is 6.18 Å². The molecule has 2 rings (SSSR count). The minimum atomic E-state index is -4.47. The molecule has 0 saturated carbocycles. The molecule has 2 heterocycles. The summed E-state index contributed by atoms with van der Waals surface area (Å²) in [5.41, 5.74) is -0.895. The molecule has 1 amide bonds. The van der Waals surface area contributed by atoms with E-state index in [4.69, 9.17) is 11.6 Å². The minimum Gasteiger partial charge on any atom is -0.355 e. The fraction of sp³-hybridized carbons (Fsp3) is 0.684. The van der Waals surface area contributed by atoms with Crippen molar-refractivity contribution in [1.29, 1.82) is 0 Å². The SMILES string of the molecule is CN(C)CC(C)(C)CNC(=O)C1CCN(c2ncc(C(F)(F)F)cc2Cl)CC1. The van der Waals surface area contributed by atoms with Crippen LogP contribution in [-0.2, 0) is 11.0 Å². The number of hydrogen-bond acceptors (Lipinski definition) is 4. The van der Waals surface area contributed by atoms with Crippen molar-refractivity contribution in [1.82, 2.24) is 15.2 Å². The highest BCUT2D eigenvalue weighted by atomic mass is 35.5. The summed E-state index contributed by atoms with van der Waals surface area (Å²) in [5.74, 6) is 0.248. The number of carbonyl (C=O) groups excluding carboxylic acids is 1. The summed E-state index contributed by atoms with van der Waals surface area (Å²) in [4.78, 5) is 20.3. The Morgan fingerprint density at radius 2 is 1.93 bits per heavy atom. The molecule has 1 aliphatic heterocycles. The van der Waals surface area contributed by atoms with Gasteiger partial charge in [0.25, 0.3) is 0 Å². The predicted molar refractivity (Wildman–Crippen MR) is 105 cm³/mol. The Morgan fingerprint density at radius 3 is 2.43 bits per heavy atom. The van der Waals surface area contributed by atoms with Crippen LogP contribution in [0.4, 0.5) is 19.0 Å². The molecule has 158 valence electrons. The molecular formula is C19H28ClF3N4O. The largest absolute Gasteiger partial charge is 0.417 e. The fourth-order valence-electron chi connectivity index (χ4n) is 3.55. The average molecular weight is 421 g/mol. The van der Waals surface area contributed by atoms with Crippen LogP contribution in [0.2, 0.25) is 5.02 Å². The normalized spacial score (nSPS) is 16.5. The van der Waals surface area contributed by atoms with Gasteiger partial charge in [0.1, 0.15) is 5.82 Å². The van der Waals surface area contributed by atoms with Gasteiger partial charge in [-0.25, -0.2) is 4.98 Å². The average Bonchev–Trinajstić information content (AvgIpc) is 2.58. The predicted octanol–water partition coefficient (Wildman–Crippen LogP) is 3.67. The zero-order valence-electron chi connectivity index (χ0n) is 16.7. The third kappa shape index (κ3) is 6.24. The van der Waals surface area contributed by atoms with E-state index in [0.29, 0.717) is 38.3 Å². The molecule has 1 saturated heterocycles. The number of halogens is 4. The Balaban J connectivity index is 1.90. The van der Waals surface area contributed by atoms with E-state index < -0.39 is 11.7 Å². The highest BCUT2D eigenvalue weighted by Gasteiger charge is 2.33. The summed E-state index contributed by atoms with van der Waals surface area (Å²) in [6.45, 7) is 6.72. The van der Waals surface area contributed by atoms with Crippen LogP contribution in [0.3, 0.4) is 0 Å². The standard InChI is InChI=1S/C19H28ClF3N4O/c1-18(2,12-26(3)4)11-25-17(28)13-5-7-27(8-6-13)16-15(20)9-14(10-24-16)19(21,22)23/h9-10,13H,5-8,11-12H2,1-4H3,(H,25,28). The quantitative estimate of drug-likeness (QED) is 0.762. The third-order valence-corrected chi connectivity index (χ3v) is 5.08. The van der Waals surface area contributed by atoms with Crippen molar-refractivity contribution in [2.45, 2.75) is 32.9 Å². The van der Waals surface area contributed by atoms with Gasteiger partial charge in [-0.3, -0.25) is 4.79 Å². The van der Waals surface area contributed by atoms with Crippen molar-refractivity contribution in [2.24, 2.45) is 11.3 Å². The molecule has 0 aromatic carbocycles. The number of hydrogen-bond donors (Lipinski definition) is 1. The maximum Gasteiger partial charge on any atom is 0.417 e. The molecule has 1 N–H and O–H groups in total. The van der Waals surface area contributed by atoms with Crippen LogP contribution in [-0.4, -0.2) is 56.1 Å². The van der Waals surface area contributed by atoms with E-state index in [1.807, 2.05) is 19.0 Å². The number of piperidine rings is 1. The van der Waals surface area contributed by atoms with Gasteiger partial charge in [0.15, 0.2) is 0 Å². The van der Waals surface area contributed by atoms with Gasteiger partial charge in [0.2, 0.25) is 5.91 Å². The topological polar surface area (TPSA) is 48.5 Å². The van der Waals surface area contributed by atoms with Crippen LogP contribution in [0.1, 0.15) is 32.3 Å². The molecule has 0 atom stereocenters. The summed E-state index contributed by atoms with van der Waals surface area (Å²) >= 11 is 6.02. The Bertz CT molecular complexity index is 686. The van der Waals surface area contributed by atoms with Crippen molar-refractivity contribution in [2.75, 3.05) is 45.2 Å². The van der Waals surface area contributed by atoms with Crippen LogP contribution in [0, 0.1) is 11.3 Å². The molecule has 0 bridgehead atoms. The number of pyridine rings is 1. The van der Waals surface area contributed by atoms with E-state index in [-0.39, 0.29) is 22.3 Å². The van der Waals surface area contributed by atoms with Crippen LogP contribution < -0.4 is 10.2 Å². The van der Waals surface area contributed by atoms with Crippen LogP contribution in [0.5, 0.6) is 0 Å². The summed E-state index contributed by atoms with van der Waals surface area (Å²) in [6, 6.07) is 0.898. The minimum absolute atomic E-state index is 0.0249. The number of alkyl halides is 3. The molecule has 1 aromatic heterocycles. The number of carbonyl (C=O) groups is 1. The molecule has 0 radical (unpaired) electrons. The lowest BCUT2D eigenvalue weighted by Crippen LogP contribution is -2.45. The van der Waals surface area contributed by atoms with Crippen molar-refractivity contribution in [3.05, 3.63) is 22.8 Å². The molecular weight excluding hydrogens is 393 g/mol. The first-order valence-corrected chi connectivity index (χ1v) is 9.67. The van der Waals surface area contributed by atoms with Crippen LogP contribution in [0.15, 0.2) is 12.3 Å². The molecule has 28 heavy (non-hydrogen) atoms. The summed E-state index contributed by atoms with van der Waals surface area (Å²) in [5, 5.41) is 3.01. The van der Waals surface area contributed by atoms with Gasteiger partial charge in [0, 0.05) is 38.3 Å². The van der Waals surface area contributed by atoms with Gasteiger partial charge in [-0.05, 0) is 38.4 Å². The Labute approximate surface area is 169 Å². The molecule has 1 aliphatic rings. The van der Waals surface area contributed by atoms with E-state index in [9.17, 15) is 18.0 Å². The second kappa shape index (κ2) is 8.86. The zero-order chi connectivity index (χ0) is 21.1. The van der Waals surface area contributed by atoms with E-state index in [2.05, 4.69) is 29.0 Å². The second-order valence-corrected chi connectivity index (χ2v) is 8.82. The van der Waals surface area contributed by atoms with Crippen molar-refractivity contribution in [3.8, 4) is 0 Å². The number of nitrogens with zero attached hydrogens (tertiary/aromatic N) is 3. The monoisotopic (exact) mass is 420 g/mol. The van der Waals surface area contributed by atoms with Gasteiger partial charge in [-0.1, -0.05) is 25.4 Å². The highest BCUT2D eigenvalue weighted by Crippen LogP contribution is 2.34. The van der Waals surface area contributed by atoms with Gasteiger partial charge in [-0.2, -0.15) is 13.2 Å². The van der Waals surface area contributed by atoms with Gasteiger partial charge in [-0.15, -0.1) is 0 Å². The number of rotatable bonds is 6. The smallest absolute Gasteiger partial charge is 0.355 e. The fourth-order valence-corrected chi connectivity index (χ4v) is 3.84. The Hall–Kier alpha value is -1.54. The number of amides is 1. The highest BCUT2D eigenvalue weighted by molar-refractivity contribution is 6.33. The number of nitrogens with one attached hydrogen (secondary N) is 1. The van der Waals surface area contributed by atoms with Gasteiger partial charge in [0.05, 0.1) is 10.6 Å². The Morgan fingerprint density at radius 1 is 1.32 bits per heavy atom. The van der Waals surface area contributed by atoms with Crippen molar-refractivity contribution >= 4 is 23.3 Å². The maximum atomic E-state index is 12.7. The first-order valence-electron chi connectivity index (χ1n) is 9.29. The van der Waals surface area contributed by atoms with Crippen LogP contribution >= 0.6 is 11.6 Å². The first kappa shape index (κ1) is 22.7. The van der Waals surface area contributed by atoms with E-state index in [1.165, 1.54) is 0 Å². The lowest BCUT2D eigenvalue weighted by Gasteiger charge is -2.34. The molecule has 5 nitrogen and oxygen atoms in total. The van der Waals surface area contributed by atoms with E-state index in [0.717, 1.165) is 18.8 Å². The number of aromatic nitrogens is 1. The summed E-state index contributed by atoms with van der Waals surface area (Å²) in [7, 11) is 4.00. The van der Waals surface area contributed by atoms with Crippen molar-refractivity contribution in [3.63, 3.8) is 0 Å². The summed E-state index contributed by atoms with van der Waals surface area (Å²) in [6.07, 6.45) is -2.45. The molecule has 9 heteroatoms. The van der Waals surface area contributed by atoms with E-state index in [1.54, 1.807) is 0 Å². The van der Waals surface area contributed by atoms with Gasteiger partial charge < -0.3 is 15.1 Å². The lowest BCUT2D eigenvalue weighted by molar-refractivity contribution is -0.137. The third-order valence-electron chi connectivity index (χ3n) is 4.80. The van der Waals surface area contributed by atoms with Crippen molar-refractivity contribution < 1.29 is 18.0 Å². The zero-order valence-corrected chi connectivity index (χ0v) is 17.5. The molecule has 0 spiro atoms. The molecule has 1 fully saturated rings. The first-order chi connectivity index (χ1) is 12.9. The lowest BCUT2D eigenvalue weighted by atomic mass is 9.91. The molecule has 0 unspecified atom stereocenters. The second-order valence-electron chi connectivity index (χ2n) is 8.41. The van der Waals surface area contributed by atoms with E-state index >= 15 is 0 Å². The molecule has 0 aliphatic carbocycles. The summed E-state index contributed by atoms with van der Waals surface area (Å²) < 4.78 is 38.2. The van der Waals surface area contributed by atoms with Crippen LogP contribution in [0.25, 0.3) is 0 Å². The number of anilines is 1. The molecule has 1 aromatic rings. The maximum absolute atomic E-state index is 12.7. The Kier molecular flexibility index (Phi) is 7.20.